The van der Waals surface area contributed by atoms with Crippen molar-refractivity contribution < 1.29 is 0 Å². The Morgan fingerprint density at radius 1 is 0.274 bits per heavy atom. The van der Waals surface area contributed by atoms with Gasteiger partial charge in [0, 0.05) is 27.9 Å². The van der Waals surface area contributed by atoms with Gasteiger partial charge in [0.05, 0.1) is 5.41 Å². The van der Waals surface area contributed by atoms with Gasteiger partial charge in [-0.2, -0.15) is 0 Å². The van der Waals surface area contributed by atoms with E-state index in [2.05, 4.69) is 245 Å². The second kappa shape index (κ2) is 13.4. The summed E-state index contributed by atoms with van der Waals surface area (Å²) in [6.45, 7) is 9.48. The maximum Gasteiger partial charge on any atom is 0.0713 e. The van der Waals surface area contributed by atoms with Crippen LogP contribution in [0.15, 0.2) is 212 Å². The van der Waals surface area contributed by atoms with Gasteiger partial charge in [-0.3, -0.25) is 0 Å². The molecule has 0 atom stereocenters. The predicted molar refractivity (Wildman–Crippen MR) is 259 cm³/mol. The molecule has 0 N–H and O–H groups in total. The van der Waals surface area contributed by atoms with E-state index >= 15 is 0 Å². The van der Waals surface area contributed by atoms with E-state index in [-0.39, 0.29) is 10.8 Å². The van der Waals surface area contributed by atoms with Gasteiger partial charge in [-0.05, 0) is 131 Å². The van der Waals surface area contributed by atoms with Gasteiger partial charge in [0.2, 0.25) is 0 Å². The van der Waals surface area contributed by atoms with Gasteiger partial charge in [0.1, 0.15) is 0 Å². The van der Waals surface area contributed by atoms with Gasteiger partial charge < -0.3 is 4.90 Å². The third-order valence-corrected chi connectivity index (χ3v) is 14.6. The van der Waals surface area contributed by atoms with E-state index in [0.717, 1.165) is 17.1 Å². The first kappa shape index (κ1) is 36.6. The topological polar surface area (TPSA) is 3.24 Å². The Kier molecular flexibility index (Phi) is 7.91. The van der Waals surface area contributed by atoms with Gasteiger partial charge in [-0.1, -0.05) is 198 Å². The van der Waals surface area contributed by atoms with Crippen LogP contribution in [0.2, 0.25) is 0 Å². The average molecular weight is 794 g/mol. The molecule has 62 heavy (non-hydrogen) atoms. The SMILES string of the molecule is CC1(C)c2ccccc2-c2ccc(N(c3ccc(-c4ccc5c(c4)-c4ccccc4C5(c4ccccc4)c4ccccc4)cc3)c3ccc4c(c3)C(C)(C)c3ccccc3-4)cc21. The van der Waals surface area contributed by atoms with Crippen molar-refractivity contribution in [3.05, 3.63) is 257 Å². The van der Waals surface area contributed by atoms with Crippen LogP contribution in [0.1, 0.15) is 72.2 Å². The van der Waals surface area contributed by atoms with Crippen molar-refractivity contribution >= 4 is 17.1 Å². The van der Waals surface area contributed by atoms with Crippen LogP contribution >= 0.6 is 0 Å². The zero-order chi connectivity index (χ0) is 41.8. The molecular weight excluding hydrogens is 747 g/mol. The third kappa shape index (κ3) is 5.09. The largest absolute Gasteiger partial charge is 0.310 e. The molecule has 0 spiro atoms. The first-order valence-corrected chi connectivity index (χ1v) is 22.0. The monoisotopic (exact) mass is 793 g/mol. The zero-order valence-electron chi connectivity index (χ0n) is 35.7. The number of hydrogen-bond donors (Lipinski definition) is 0. The van der Waals surface area contributed by atoms with Crippen LogP contribution in [0.4, 0.5) is 17.1 Å². The summed E-state index contributed by atoms with van der Waals surface area (Å²) in [4.78, 5) is 2.47. The normalized spacial score (nSPS) is 15.2. The molecule has 1 heteroatoms. The lowest BCUT2D eigenvalue weighted by Crippen LogP contribution is -2.28. The van der Waals surface area contributed by atoms with Crippen LogP contribution in [0.25, 0.3) is 44.5 Å². The number of anilines is 3. The highest BCUT2D eigenvalue weighted by molar-refractivity contribution is 5.91. The van der Waals surface area contributed by atoms with Crippen LogP contribution < -0.4 is 4.90 Å². The summed E-state index contributed by atoms with van der Waals surface area (Å²) in [5.41, 5.74) is 23.9. The van der Waals surface area contributed by atoms with Crippen LogP contribution in [0.3, 0.4) is 0 Å². The van der Waals surface area contributed by atoms with Gasteiger partial charge in [-0.25, -0.2) is 0 Å². The molecule has 0 unspecified atom stereocenters. The molecule has 0 heterocycles. The molecule has 9 aromatic carbocycles. The number of hydrogen-bond acceptors (Lipinski definition) is 1. The van der Waals surface area contributed by atoms with Crippen molar-refractivity contribution in [2.24, 2.45) is 0 Å². The van der Waals surface area contributed by atoms with Crippen molar-refractivity contribution in [1.29, 1.82) is 0 Å². The van der Waals surface area contributed by atoms with Crippen LogP contribution in [0.5, 0.6) is 0 Å². The van der Waals surface area contributed by atoms with E-state index in [1.54, 1.807) is 0 Å². The number of nitrogens with zero attached hydrogens (tertiary/aromatic N) is 1. The predicted octanol–water partition coefficient (Wildman–Crippen LogP) is 15.8. The zero-order valence-corrected chi connectivity index (χ0v) is 35.7. The molecule has 0 aliphatic heterocycles. The molecule has 0 radical (unpaired) electrons. The molecule has 0 saturated carbocycles. The number of rotatable bonds is 6. The number of fused-ring (bicyclic) bond motifs is 9. The maximum absolute atomic E-state index is 2.47. The fraction of sp³-hybridized carbons (Fsp3) is 0.115. The summed E-state index contributed by atoms with van der Waals surface area (Å²) in [6, 6.07) is 79.6. The Labute approximate surface area is 365 Å². The summed E-state index contributed by atoms with van der Waals surface area (Å²) in [5, 5.41) is 0. The van der Waals surface area contributed by atoms with E-state index in [0.29, 0.717) is 0 Å². The Morgan fingerprint density at radius 3 is 1.18 bits per heavy atom. The molecular formula is C61H47N. The third-order valence-electron chi connectivity index (χ3n) is 14.6. The fourth-order valence-corrected chi connectivity index (χ4v) is 11.5. The van der Waals surface area contributed by atoms with E-state index in [9.17, 15) is 0 Å². The molecule has 3 aliphatic carbocycles. The quantitative estimate of drug-likeness (QED) is 0.162. The average Bonchev–Trinajstić information content (AvgIpc) is 3.84. The highest BCUT2D eigenvalue weighted by Gasteiger charge is 2.46. The summed E-state index contributed by atoms with van der Waals surface area (Å²) >= 11 is 0. The molecule has 1 nitrogen and oxygen atoms in total. The van der Waals surface area contributed by atoms with E-state index in [1.165, 1.54) is 89.0 Å². The summed E-state index contributed by atoms with van der Waals surface area (Å²) < 4.78 is 0. The van der Waals surface area contributed by atoms with Crippen molar-refractivity contribution in [2.75, 3.05) is 4.90 Å². The molecule has 9 aromatic rings. The fourth-order valence-electron chi connectivity index (χ4n) is 11.5. The van der Waals surface area contributed by atoms with Gasteiger partial charge in [0.25, 0.3) is 0 Å². The molecule has 0 saturated heterocycles. The van der Waals surface area contributed by atoms with Crippen LogP contribution in [0, 0.1) is 0 Å². The smallest absolute Gasteiger partial charge is 0.0713 e. The summed E-state index contributed by atoms with van der Waals surface area (Å²) in [5.74, 6) is 0. The molecule has 0 fully saturated rings. The van der Waals surface area contributed by atoms with Crippen molar-refractivity contribution in [3.63, 3.8) is 0 Å². The van der Waals surface area contributed by atoms with Crippen LogP contribution in [-0.4, -0.2) is 0 Å². The summed E-state index contributed by atoms with van der Waals surface area (Å²) in [6.07, 6.45) is 0. The maximum atomic E-state index is 2.47. The van der Waals surface area contributed by atoms with Crippen molar-refractivity contribution in [3.8, 4) is 44.5 Å². The molecule has 0 bridgehead atoms. The number of benzene rings is 9. The summed E-state index contributed by atoms with van der Waals surface area (Å²) in [7, 11) is 0. The van der Waals surface area contributed by atoms with Gasteiger partial charge in [-0.15, -0.1) is 0 Å². The van der Waals surface area contributed by atoms with E-state index < -0.39 is 5.41 Å². The first-order chi connectivity index (χ1) is 30.3. The Morgan fingerprint density at radius 2 is 0.661 bits per heavy atom. The molecule has 3 aliphatic rings. The highest BCUT2D eigenvalue weighted by atomic mass is 15.1. The van der Waals surface area contributed by atoms with Crippen molar-refractivity contribution in [2.45, 2.75) is 43.9 Å². The van der Waals surface area contributed by atoms with E-state index in [4.69, 9.17) is 0 Å². The Bertz CT molecular complexity index is 3080. The lowest BCUT2D eigenvalue weighted by atomic mass is 9.67. The van der Waals surface area contributed by atoms with E-state index in [1.807, 2.05) is 0 Å². The van der Waals surface area contributed by atoms with Gasteiger partial charge >= 0.3 is 0 Å². The second-order valence-corrected chi connectivity index (χ2v) is 18.5. The molecule has 0 amide bonds. The second-order valence-electron chi connectivity index (χ2n) is 18.5. The minimum atomic E-state index is -0.408. The highest BCUT2D eigenvalue weighted by Crippen LogP contribution is 2.57. The van der Waals surface area contributed by atoms with Crippen LogP contribution in [-0.2, 0) is 16.2 Å². The van der Waals surface area contributed by atoms with Crippen molar-refractivity contribution in [1.82, 2.24) is 0 Å². The first-order valence-electron chi connectivity index (χ1n) is 22.0. The molecule has 0 aromatic heterocycles. The molecule has 12 rings (SSSR count). The minimum absolute atomic E-state index is 0.107. The minimum Gasteiger partial charge on any atom is -0.310 e. The standard InChI is InChI=1S/C61H47N/c1-59(2)53-24-14-11-21-47(53)50-34-32-45(38-57(50)59)62(46-33-35-51-48-22-12-15-25-54(48)60(3,4)58(51)39-46)44-30-27-40(28-31-44)41-29-36-56-52(37-41)49-23-13-16-26-55(49)61(56,42-17-7-5-8-18-42)43-19-9-6-10-20-43/h5-39H,1-4H3. The molecule has 296 valence electrons. The Hall–Kier alpha value is -7.22. The lowest BCUT2D eigenvalue weighted by Gasteiger charge is -2.33. The Balaban J connectivity index is 0.990. The van der Waals surface area contributed by atoms with Gasteiger partial charge in [0.15, 0.2) is 0 Å². The lowest BCUT2D eigenvalue weighted by molar-refractivity contribution is 0.660.